The molecule has 3 heterocycles. The van der Waals surface area contributed by atoms with Gasteiger partial charge in [0.05, 0.1) is 19.3 Å². The molecule has 0 radical (unpaired) electrons. The number of morpholine rings is 1. The summed E-state index contributed by atoms with van der Waals surface area (Å²) in [6.45, 7) is 1.88. The monoisotopic (exact) mass is 570 g/mol. The molecule has 2 aliphatic rings. The van der Waals surface area contributed by atoms with Crippen LogP contribution in [-0.4, -0.2) is 57.7 Å². The first-order chi connectivity index (χ1) is 12.3. The van der Waals surface area contributed by atoms with Crippen LogP contribution in [0.3, 0.4) is 0 Å². The van der Waals surface area contributed by atoms with Crippen LogP contribution >= 0.6 is 37.2 Å². The molecule has 1 saturated heterocycles. The van der Waals surface area contributed by atoms with Gasteiger partial charge in [0.25, 0.3) is 0 Å². The van der Waals surface area contributed by atoms with E-state index in [2.05, 4.69) is 62.7 Å². The molecule has 2 aromatic heterocycles. The molecule has 0 spiro atoms. The maximum atomic E-state index is 9.24. The van der Waals surface area contributed by atoms with Crippen molar-refractivity contribution in [3.63, 3.8) is 0 Å². The van der Waals surface area contributed by atoms with E-state index >= 15 is 0 Å². The molecule has 0 amide bonds. The summed E-state index contributed by atoms with van der Waals surface area (Å²) in [4.78, 5) is 10.9. The number of nitrogens with zero attached hydrogens (tertiary/aromatic N) is 4. The molecule has 1 saturated carbocycles. The van der Waals surface area contributed by atoms with Crippen LogP contribution in [0.4, 0.5) is 17.6 Å². The third-order valence-electron chi connectivity index (χ3n) is 4.14. The van der Waals surface area contributed by atoms with Crippen LogP contribution < -0.4 is 10.2 Å². The number of aliphatic hydroxyl groups is 1. The molecule has 0 bridgehead atoms. The topological polar surface area (TPSA) is 99.2 Å². The number of H-pyrrole nitrogens is 1. The van der Waals surface area contributed by atoms with Gasteiger partial charge in [0.1, 0.15) is 5.82 Å². The smallest absolute Gasteiger partial charge is 0.227 e. The minimum atomic E-state index is -0.184. The Labute approximate surface area is 169 Å². The lowest BCUT2D eigenvalue weighted by Crippen LogP contribution is -2.44. The number of aliphatic hydroxyl groups excluding tert-OH is 1. The predicted octanol–water partition coefficient (Wildman–Crippen LogP) is 2.79. The van der Waals surface area contributed by atoms with E-state index in [-0.39, 0.29) is 12.7 Å². The summed E-state index contributed by atoms with van der Waals surface area (Å²) in [7, 11) is 0. The molecular formula is C15H20I2N6O2. The highest BCUT2D eigenvalue weighted by Gasteiger charge is 2.25. The Morgan fingerprint density at radius 1 is 1.36 bits per heavy atom. The molecule has 2 aromatic rings. The first-order valence-corrected chi connectivity index (χ1v) is 14.4. The minimum absolute atomic E-state index is 0.00561. The van der Waals surface area contributed by atoms with Crippen LogP contribution in [0.1, 0.15) is 24.5 Å². The Bertz CT molecular complexity index is 682. The van der Waals surface area contributed by atoms with Crippen LogP contribution in [0.5, 0.6) is 0 Å². The zero-order valence-corrected chi connectivity index (χ0v) is 17.8. The van der Waals surface area contributed by atoms with Crippen LogP contribution in [-0.2, 0) is 4.74 Å². The molecule has 25 heavy (non-hydrogen) atoms. The Morgan fingerprint density at radius 3 is 2.96 bits per heavy atom. The van der Waals surface area contributed by atoms with Gasteiger partial charge in [-0.05, 0) is 18.9 Å². The Hall–Kier alpha value is -0.730. The molecule has 4 rings (SSSR count). The second-order valence-electron chi connectivity index (χ2n) is 5.97. The van der Waals surface area contributed by atoms with Crippen molar-refractivity contribution in [2.24, 2.45) is 0 Å². The Balaban J connectivity index is 0.000000880. The van der Waals surface area contributed by atoms with Gasteiger partial charge in [-0.2, -0.15) is 10.1 Å². The molecule has 0 aromatic carbocycles. The predicted molar refractivity (Wildman–Crippen MR) is 113 cm³/mol. The van der Waals surface area contributed by atoms with Crippen molar-refractivity contribution in [3.05, 3.63) is 24.0 Å². The molecule has 1 atom stereocenters. The highest BCUT2D eigenvalue weighted by atomic mass is 128. The summed E-state index contributed by atoms with van der Waals surface area (Å²) in [6.07, 6.45) is 4.02. The second-order valence-corrected chi connectivity index (χ2v) is 5.97. The summed E-state index contributed by atoms with van der Waals surface area (Å²) < 4.78 is 5.46. The van der Waals surface area contributed by atoms with Crippen molar-refractivity contribution in [2.45, 2.75) is 24.9 Å². The molecule has 10 heteroatoms. The van der Waals surface area contributed by atoms with E-state index < -0.39 is 0 Å². The van der Waals surface area contributed by atoms with Gasteiger partial charge < -0.3 is 20.1 Å². The third kappa shape index (κ3) is 5.14. The number of aromatic nitrogens is 4. The first kappa shape index (κ1) is 19.0. The maximum absolute atomic E-state index is 9.24. The lowest BCUT2D eigenvalue weighted by molar-refractivity contribution is 0.00314. The van der Waals surface area contributed by atoms with Gasteiger partial charge in [-0.15, -0.1) is 0 Å². The number of hydrogen-bond donors (Lipinski definition) is 3. The number of rotatable bonds is 5. The van der Waals surface area contributed by atoms with E-state index in [0.29, 0.717) is 37.4 Å². The summed E-state index contributed by atoms with van der Waals surface area (Å²) in [5.41, 5.74) is 1.18. The fraction of sp³-hybridized carbons (Fsp3) is 0.533. The fourth-order valence-corrected chi connectivity index (χ4v) is 2.72. The van der Waals surface area contributed by atoms with E-state index in [9.17, 15) is 5.11 Å². The number of hydrogen-bond acceptors (Lipinski definition) is 7. The minimum Gasteiger partial charge on any atom is -0.394 e. The number of anilines is 3. The van der Waals surface area contributed by atoms with Gasteiger partial charge in [0.2, 0.25) is 5.95 Å². The third-order valence-corrected chi connectivity index (χ3v) is 4.14. The molecule has 1 aliphatic carbocycles. The number of ether oxygens (including phenoxy) is 1. The van der Waals surface area contributed by atoms with Crippen molar-refractivity contribution >= 4 is 54.8 Å². The average molecular weight is 570 g/mol. The van der Waals surface area contributed by atoms with E-state index in [0.717, 1.165) is 5.82 Å². The van der Waals surface area contributed by atoms with Crippen LogP contribution in [0.25, 0.3) is 0 Å². The summed E-state index contributed by atoms with van der Waals surface area (Å²) in [5, 5.41) is 19.8. The average Bonchev–Trinajstić information content (AvgIpc) is 3.43. The van der Waals surface area contributed by atoms with Crippen molar-refractivity contribution < 1.29 is 9.84 Å². The van der Waals surface area contributed by atoms with Gasteiger partial charge in [0.15, 0.2) is 5.82 Å². The van der Waals surface area contributed by atoms with Crippen molar-refractivity contribution in [1.29, 1.82) is 0 Å². The summed E-state index contributed by atoms with van der Waals surface area (Å²) >= 11 is 4.24. The molecule has 136 valence electrons. The van der Waals surface area contributed by atoms with Crippen LogP contribution in [0.15, 0.2) is 18.3 Å². The number of halogens is 2. The Kier molecular flexibility index (Phi) is 7.07. The van der Waals surface area contributed by atoms with Gasteiger partial charge in [-0.25, -0.2) is 4.98 Å². The standard InChI is InChI=1S/C15H20N6O2.I2/c22-9-11-8-21(5-6-23-11)15-16-4-3-13(18-15)17-14-7-12(19-20-14)10-1-2-10;1-2/h3-4,7,10-11,22H,1-2,5-6,8-9H2,(H2,16,17,18,19,20);. The van der Waals surface area contributed by atoms with E-state index in [1.54, 1.807) is 6.20 Å². The summed E-state index contributed by atoms with van der Waals surface area (Å²) in [6, 6.07) is 3.86. The molecule has 3 N–H and O–H groups in total. The van der Waals surface area contributed by atoms with Crippen molar-refractivity contribution in [1.82, 2.24) is 20.2 Å². The van der Waals surface area contributed by atoms with E-state index in [1.165, 1.54) is 18.5 Å². The first-order valence-electron chi connectivity index (χ1n) is 8.09. The molecule has 2 fully saturated rings. The van der Waals surface area contributed by atoms with Gasteiger partial charge >= 0.3 is 0 Å². The van der Waals surface area contributed by atoms with E-state index in [1.807, 2.05) is 17.0 Å². The Morgan fingerprint density at radius 2 is 2.20 bits per heavy atom. The maximum Gasteiger partial charge on any atom is 0.227 e. The second kappa shape index (κ2) is 9.28. The molecule has 1 unspecified atom stereocenters. The molecular weight excluding hydrogens is 550 g/mol. The van der Waals surface area contributed by atoms with Gasteiger partial charge in [0, 0.05) is 74.2 Å². The number of aromatic amines is 1. The van der Waals surface area contributed by atoms with Crippen LogP contribution in [0, 0.1) is 0 Å². The lowest BCUT2D eigenvalue weighted by Gasteiger charge is -2.32. The number of nitrogens with one attached hydrogen (secondary N) is 2. The normalized spacial score (nSPS) is 20.0. The quantitative estimate of drug-likeness (QED) is 0.476. The highest BCUT2D eigenvalue weighted by Crippen LogP contribution is 2.39. The van der Waals surface area contributed by atoms with Gasteiger partial charge in [-0.1, -0.05) is 0 Å². The largest absolute Gasteiger partial charge is 0.394 e. The SMILES string of the molecule is II.OCC1CN(c2nccc(Nc3cc(C4CC4)[nH]n3)n2)CCO1. The van der Waals surface area contributed by atoms with Crippen molar-refractivity contribution in [3.8, 4) is 0 Å². The fourth-order valence-electron chi connectivity index (χ4n) is 2.72. The van der Waals surface area contributed by atoms with Gasteiger partial charge in [-0.3, -0.25) is 5.10 Å². The summed E-state index contributed by atoms with van der Waals surface area (Å²) in [5.74, 6) is 2.75. The van der Waals surface area contributed by atoms with Crippen LogP contribution in [0.2, 0.25) is 0 Å². The lowest BCUT2D eigenvalue weighted by atomic mass is 10.3. The van der Waals surface area contributed by atoms with E-state index in [4.69, 9.17) is 4.74 Å². The zero-order chi connectivity index (χ0) is 17.6. The van der Waals surface area contributed by atoms with Crippen molar-refractivity contribution in [2.75, 3.05) is 36.5 Å². The molecule has 8 nitrogen and oxygen atoms in total. The highest BCUT2D eigenvalue weighted by molar-refractivity contribution is 15.0. The zero-order valence-electron chi connectivity index (χ0n) is 13.5. The molecule has 1 aliphatic heterocycles.